The molecule has 0 bridgehead atoms. The summed E-state index contributed by atoms with van der Waals surface area (Å²) in [5.41, 5.74) is 2.53. The van der Waals surface area contributed by atoms with Crippen molar-refractivity contribution in [2.75, 3.05) is 6.54 Å². The van der Waals surface area contributed by atoms with Gasteiger partial charge in [0.2, 0.25) is 0 Å². The Hall–Kier alpha value is -1.42. The van der Waals surface area contributed by atoms with Gasteiger partial charge >= 0.3 is 0 Å². The van der Waals surface area contributed by atoms with Crippen LogP contribution in [0.5, 0.6) is 0 Å². The monoisotopic (exact) mass is 250 g/mol. The van der Waals surface area contributed by atoms with Crippen molar-refractivity contribution in [3.05, 3.63) is 35.0 Å². The molecule has 96 valence electrons. The van der Waals surface area contributed by atoms with Crippen molar-refractivity contribution < 1.29 is 8.78 Å². The first kappa shape index (κ1) is 11.7. The zero-order chi connectivity index (χ0) is 12.9. The Morgan fingerprint density at radius 2 is 2.06 bits per heavy atom. The topological polar surface area (TPSA) is 19.0 Å². The highest BCUT2D eigenvalue weighted by molar-refractivity contribution is 5.85. The van der Waals surface area contributed by atoms with Crippen molar-refractivity contribution >= 4 is 10.9 Å². The predicted molar refractivity (Wildman–Crippen MR) is 67.5 cm³/mol. The second-order valence-corrected chi connectivity index (χ2v) is 5.21. The molecule has 1 N–H and O–H groups in total. The first-order valence-electron chi connectivity index (χ1n) is 6.29. The van der Waals surface area contributed by atoms with Gasteiger partial charge in [-0.1, -0.05) is 0 Å². The number of fused-ring (bicyclic) bond motifs is 3. The lowest BCUT2D eigenvalue weighted by molar-refractivity contribution is 0.203. The Morgan fingerprint density at radius 3 is 2.78 bits per heavy atom. The van der Waals surface area contributed by atoms with E-state index in [9.17, 15) is 8.78 Å². The van der Waals surface area contributed by atoms with E-state index < -0.39 is 11.6 Å². The summed E-state index contributed by atoms with van der Waals surface area (Å²) in [6, 6.07) is 2.81. The molecule has 0 amide bonds. The van der Waals surface area contributed by atoms with Crippen molar-refractivity contribution in [1.29, 1.82) is 0 Å². The summed E-state index contributed by atoms with van der Waals surface area (Å²) in [6.45, 7) is 6.00. The summed E-state index contributed by atoms with van der Waals surface area (Å²) in [7, 11) is 0. The van der Waals surface area contributed by atoms with Crippen LogP contribution in [0.3, 0.4) is 0 Å². The molecule has 0 aliphatic carbocycles. The minimum Gasteiger partial charge on any atom is -0.356 e. The maximum atomic E-state index is 13.7. The van der Waals surface area contributed by atoms with Crippen molar-refractivity contribution in [1.82, 2.24) is 9.88 Å². The molecule has 0 saturated heterocycles. The number of H-pyrrole nitrogens is 1. The van der Waals surface area contributed by atoms with E-state index in [4.69, 9.17) is 0 Å². The largest absolute Gasteiger partial charge is 0.356 e. The van der Waals surface area contributed by atoms with Gasteiger partial charge in [0, 0.05) is 42.7 Å². The van der Waals surface area contributed by atoms with Crippen LogP contribution in [0, 0.1) is 11.6 Å². The SMILES string of the molecule is CC(C)N1CCc2[nH]c3c(F)cc(F)cc3c2C1. The lowest BCUT2D eigenvalue weighted by Gasteiger charge is -2.30. The van der Waals surface area contributed by atoms with Crippen LogP contribution in [0.4, 0.5) is 8.78 Å². The molecule has 1 aliphatic heterocycles. The van der Waals surface area contributed by atoms with E-state index in [1.54, 1.807) is 0 Å². The van der Waals surface area contributed by atoms with Crippen LogP contribution in [-0.2, 0) is 13.0 Å². The first-order chi connectivity index (χ1) is 8.56. The number of aromatic amines is 1. The van der Waals surface area contributed by atoms with Gasteiger partial charge in [0.25, 0.3) is 0 Å². The summed E-state index contributed by atoms with van der Waals surface area (Å²) in [5.74, 6) is -1.01. The zero-order valence-electron chi connectivity index (χ0n) is 10.6. The first-order valence-corrected chi connectivity index (χ1v) is 6.29. The van der Waals surface area contributed by atoms with Crippen LogP contribution in [0.25, 0.3) is 10.9 Å². The molecule has 0 saturated carbocycles. The van der Waals surface area contributed by atoms with E-state index in [0.717, 1.165) is 36.8 Å². The smallest absolute Gasteiger partial charge is 0.150 e. The molecular weight excluding hydrogens is 234 g/mol. The van der Waals surface area contributed by atoms with Gasteiger partial charge in [0.05, 0.1) is 5.52 Å². The van der Waals surface area contributed by atoms with E-state index in [1.165, 1.54) is 6.07 Å². The highest BCUT2D eigenvalue weighted by Crippen LogP contribution is 2.30. The zero-order valence-corrected chi connectivity index (χ0v) is 10.6. The summed E-state index contributed by atoms with van der Waals surface area (Å²) in [4.78, 5) is 5.42. The van der Waals surface area contributed by atoms with E-state index in [0.29, 0.717) is 16.9 Å². The molecule has 0 unspecified atom stereocenters. The number of nitrogens with one attached hydrogen (secondary N) is 1. The molecule has 18 heavy (non-hydrogen) atoms. The summed E-state index contributed by atoms with van der Waals surface area (Å²) in [5, 5.41) is 0.688. The van der Waals surface area contributed by atoms with Crippen LogP contribution < -0.4 is 0 Å². The Kier molecular flexibility index (Phi) is 2.63. The van der Waals surface area contributed by atoms with E-state index >= 15 is 0 Å². The molecule has 1 aromatic heterocycles. The minimum absolute atomic E-state index is 0.437. The van der Waals surface area contributed by atoms with Gasteiger partial charge in [0.15, 0.2) is 0 Å². The molecule has 0 atom stereocenters. The Bertz CT molecular complexity index is 601. The second kappa shape index (κ2) is 4.05. The molecule has 1 aromatic carbocycles. The molecule has 0 spiro atoms. The Labute approximate surface area is 105 Å². The average Bonchev–Trinajstić information content (AvgIpc) is 2.67. The van der Waals surface area contributed by atoms with Gasteiger partial charge in [-0.15, -0.1) is 0 Å². The third-order valence-corrected chi connectivity index (χ3v) is 3.76. The predicted octanol–water partition coefficient (Wildman–Crippen LogP) is 3.21. The third-order valence-electron chi connectivity index (χ3n) is 3.76. The standard InChI is InChI=1S/C14H16F2N2/c1-8(2)18-4-3-13-11(7-18)10-5-9(15)6-12(16)14(10)17-13/h5-6,8,17H,3-4,7H2,1-2H3. The summed E-state index contributed by atoms with van der Waals surface area (Å²) in [6.07, 6.45) is 0.864. The molecule has 2 heterocycles. The van der Waals surface area contributed by atoms with Crippen LogP contribution >= 0.6 is 0 Å². The van der Waals surface area contributed by atoms with Gasteiger partial charge < -0.3 is 4.98 Å². The molecule has 0 radical (unpaired) electrons. The highest BCUT2D eigenvalue weighted by atomic mass is 19.1. The number of halogens is 2. The number of aromatic nitrogens is 1. The molecule has 2 nitrogen and oxygen atoms in total. The van der Waals surface area contributed by atoms with Crippen LogP contribution in [-0.4, -0.2) is 22.5 Å². The van der Waals surface area contributed by atoms with Crippen LogP contribution in [0.1, 0.15) is 25.1 Å². The van der Waals surface area contributed by atoms with Crippen molar-refractivity contribution in [2.45, 2.75) is 32.9 Å². The van der Waals surface area contributed by atoms with Gasteiger partial charge in [0.1, 0.15) is 11.6 Å². The highest BCUT2D eigenvalue weighted by Gasteiger charge is 2.23. The number of rotatable bonds is 1. The van der Waals surface area contributed by atoms with E-state index in [1.807, 2.05) is 0 Å². The van der Waals surface area contributed by atoms with Crippen molar-refractivity contribution in [2.24, 2.45) is 0 Å². The molecule has 4 heteroatoms. The average molecular weight is 250 g/mol. The minimum atomic E-state index is -0.511. The number of hydrogen-bond donors (Lipinski definition) is 1. The van der Waals surface area contributed by atoms with Gasteiger partial charge in [-0.3, -0.25) is 4.90 Å². The van der Waals surface area contributed by atoms with E-state index in [2.05, 4.69) is 23.7 Å². The van der Waals surface area contributed by atoms with Crippen LogP contribution in [0.2, 0.25) is 0 Å². The normalized spacial score (nSPS) is 16.5. The fourth-order valence-corrected chi connectivity index (χ4v) is 2.70. The molecule has 0 fully saturated rings. The van der Waals surface area contributed by atoms with Gasteiger partial charge in [-0.05, 0) is 25.5 Å². The van der Waals surface area contributed by atoms with Gasteiger partial charge in [-0.2, -0.15) is 0 Å². The van der Waals surface area contributed by atoms with Crippen molar-refractivity contribution in [3.8, 4) is 0 Å². The molecule has 1 aliphatic rings. The lowest BCUT2D eigenvalue weighted by atomic mass is 10.0. The Morgan fingerprint density at radius 1 is 1.28 bits per heavy atom. The summed E-state index contributed by atoms with van der Waals surface area (Å²) >= 11 is 0. The summed E-state index contributed by atoms with van der Waals surface area (Å²) < 4.78 is 27.0. The quantitative estimate of drug-likeness (QED) is 0.823. The molecule has 3 rings (SSSR count). The second-order valence-electron chi connectivity index (χ2n) is 5.21. The number of hydrogen-bond acceptors (Lipinski definition) is 1. The fraction of sp³-hybridized carbons (Fsp3) is 0.429. The van der Waals surface area contributed by atoms with Gasteiger partial charge in [-0.25, -0.2) is 8.78 Å². The molecule has 2 aromatic rings. The number of nitrogens with zero attached hydrogens (tertiary/aromatic N) is 1. The lowest BCUT2D eigenvalue weighted by Crippen LogP contribution is -2.35. The van der Waals surface area contributed by atoms with Crippen LogP contribution in [0.15, 0.2) is 12.1 Å². The van der Waals surface area contributed by atoms with Crippen molar-refractivity contribution in [3.63, 3.8) is 0 Å². The third kappa shape index (κ3) is 1.72. The fourth-order valence-electron chi connectivity index (χ4n) is 2.70. The molecular formula is C14H16F2N2. The maximum absolute atomic E-state index is 13.7. The Balaban J connectivity index is 2.15. The van der Waals surface area contributed by atoms with E-state index in [-0.39, 0.29) is 0 Å². The number of benzene rings is 1. The maximum Gasteiger partial charge on any atom is 0.150 e.